The van der Waals surface area contributed by atoms with Gasteiger partial charge in [-0.3, -0.25) is 9.46 Å². The van der Waals surface area contributed by atoms with E-state index < -0.39 is 7.29 Å². The van der Waals surface area contributed by atoms with Gasteiger partial charge < -0.3 is 0 Å². The fourth-order valence-corrected chi connectivity index (χ4v) is 8.87. The van der Waals surface area contributed by atoms with Crippen molar-refractivity contribution in [1.29, 1.82) is 0 Å². The van der Waals surface area contributed by atoms with Gasteiger partial charge in [-0.1, -0.05) is 88.2 Å². The van der Waals surface area contributed by atoms with Gasteiger partial charge in [0.25, 0.3) is 0 Å². The van der Waals surface area contributed by atoms with Gasteiger partial charge in [-0.15, -0.1) is 0 Å². The molecule has 2 aliphatic heterocycles. The van der Waals surface area contributed by atoms with Gasteiger partial charge in [-0.25, -0.2) is 4.67 Å². The topological polar surface area (TPSA) is 23.6 Å². The van der Waals surface area contributed by atoms with Crippen LogP contribution in [0.4, 0.5) is 0 Å². The minimum absolute atomic E-state index is 0.0673. The van der Waals surface area contributed by atoms with Crippen LogP contribution < -0.4 is 5.30 Å². The molecule has 2 heterocycles. The molecule has 4 rings (SSSR count). The average Bonchev–Trinajstić information content (AvgIpc) is 2.81. The Hall–Kier alpha value is -1.41. The third kappa shape index (κ3) is 4.85. The highest BCUT2D eigenvalue weighted by molar-refractivity contribution is 7.69. The molecule has 0 bridgehead atoms. The summed E-state index contributed by atoms with van der Waals surface area (Å²) < 4.78 is 17.7. The van der Waals surface area contributed by atoms with Crippen LogP contribution in [0.1, 0.15) is 76.2 Å². The first kappa shape index (κ1) is 22.8. The number of nitrogens with zero attached hydrogens (tertiary/aromatic N) is 2. The minimum atomic E-state index is -2.84. The lowest BCUT2D eigenvalue weighted by molar-refractivity contribution is 0.198. The van der Waals surface area contributed by atoms with Crippen molar-refractivity contribution in [2.45, 2.75) is 70.5 Å². The highest BCUT2D eigenvalue weighted by Gasteiger charge is 2.45. The first-order valence-electron chi connectivity index (χ1n) is 12.2. The molecule has 0 spiro atoms. The molecule has 0 amide bonds. The molecule has 0 aromatic heterocycles. The number of benzene rings is 2. The fraction of sp³-hybridized carbons (Fsp3) is 0.556. The van der Waals surface area contributed by atoms with Crippen LogP contribution in [0.15, 0.2) is 54.6 Å². The summed E-state index contributed by atoms with van der Waals surface area (Å²) in [6, 6.07) is 19.4. The maximum absolute atomic E-state index is 15.3. The van der Waals surface area contributed by atoms with E-state index in [1.54, 1.807) is 0 Å². The predicted molar refractivity (Wildman–Crippen MR) is 132 cm³/mol. The zero-order valence-electron chi connectivity index (χ0n) is 19.6. The van der Waals surface area contributed by atoms with Gasteiger partial charge >= 0.3 is 0 Å². The van der Waals surface area contributed by atoms with Crippen LogP contribution in [0.3, 0.4) is 0 Å². The van der Waals surface area contributed by atoms with E-state index in [1.807, 2.05) is 6.07 Å². The van der Waals surface area contributed by atoms with E-state index in [9.17, 15) is 0 Å². The largest absolute Gasteiger partial charge is 0.299 e. The summed E-state index contributed by atoms with van der Waals surface area (Å²) in [5.74, 6) is -0.0673. The zero-order valence-corrected chi connectivity index (χ0v) is 20.5. The van der Waals surface area contributed by atoms with E-state index in [4.69, 9.17) is 0 Å². The third-order valence-corrected chi connectivity index (χ3v) is 10.6. The molecule has 2 saturated heterocycles. The standard InChI is InChI=1S/C27H39N2OP/c1-27(2,3)24-17-15-23(16-18-24)26(28-19-9-5-10-20-28)31(30,25-13-7-4-8-14-25)29-21-11-6-12-22-29/h4,7-8,13-18,26H,5-6,9-12,19-22H2,1-3H3/t26-,31-/m1/s1. The average molecular weight is 439 g/mol. The Bertz CT molecular complexity index is 876. The molecule has 2 fully saturated rings. The highest BCUT2D eigenvalue weighted by atomic mass is 31.2. The maximum Gasteiger partial charge on any atom is 0.199 e. The number of piperidine rings is 2. The van der Waals surface area contributed by atoms with Crippen molar-refractivity contribution in [1.82, 2.24) is 9.57 Å². The molecular weight excluding hydrogens is 399 g/mol. The van der Waals surface area contributed by atoms with E-state index in [-0.39, 0.29) is 11.2 Å². The van der Waals surface area contributed by atoms with Crippen LogP contribution in [0, 0.1) is 0 Å². The van der Waals surface area contributed by atoms with Crippen molar-refractivity contribution < 1.29 is 4.57 Å². The SMILES string of the molecule is CC(C)(C)c1ccc([C@H](N2CCCCC2)[P@](=O)(c2ccccc2)N2CCCCC2)cc1. The molecule has 2 aromatic rings. The van der Waals surface area contributed by atoms with Gasteiger partial charge in [0.2, 0.25) is 0 Å². The molecule has 31 heavy (non-hydrogen) atoms. The van der Waals surface area contributed by atoms with Crippen molar-refractivity contribution in [2.24, 2.45) is 0 Å². The van der Waals surface area contributed by atoms with Crippen molar-refractivity contribution >= 4 is 12.6 Å². The van der Waals surface area contributed by atoms with Crippen molar-refractivity contribution in [3.63, 3.8) is 0 Å². The summed E-state index contributed by atoms with van der Waals surface area (Å²) in [4.78, 5) is 2.54. The zero-order chi connectivity index (χ0) is 21.9. The molecule has 0 aliphatic carbocycles. The van der Waals surface area contributed by atoms with E-state index in [1.165, 1.54) is 36.8 Å². The fourth-order valence-electron chi connectivity index (χ4n) is 5.23. The van der Waals surface area contributed by atoms with Gasteiger partial charge in [0.05, 0.1) is 0 Å². The summed E-state index contributed by atoms with van der Waals surface area (Å²) in [6.07, 6.45) is 7.22. The van der Waals surface area contributed by atoms with E-state index in [2.05, 4.69) is 78.9 Å². The van der Waals surface area contributed by atoms with Crippen LogP contribution in [-0.4, -0.2) is 35.7 Å². The maximum atomic E-state index is 15.3. The second kappa shape index (κ2) is 9.61. The number of hydrogen-bond acceptors (Lipinski definition) is 2. The summed E-state index contributed by atoms with van der Waals surface area (Å²) in [5.41, 5.74) is 2.67. The molecule has 4 heteroatoms. The van der Waals surface area contributed by atoms with Gasteiger partial charge in [0, 0.05) is 18.4 Å². The Morgan fingerprint density at radius 3 is 1.84 bits per heavy atom. The molecule has 3 nitrogen and oxygen atoms in total. The number of rotatable bonds is 5. The molecule has 0 saturated carbocycles. The predicted octanol–water partition coefficient (Wildman–Crippen LogP) is 6.56. The van der Waals surface area contributed by atoms with Gasteiger partial charge in [0.1, 0.15) is 5.78 Å². The first-order chi connectivity index (χ1) is 14.9. The van der Waals surface area contributed by atoms with Gasteiger partial charge in [0.15, 0.2) is 7.29 Å². The second-order valence-electron chi connectivity index (χ2n) is 10.3. The number of hydrogen-bond donors (Lipinski definition) is 0. The lowest BCUT2D eigenvalue weighted by Gasteiger charge is -2.45. The third-order valence-electron chi connectivity index (χ3n) is 7.02. The highest BCUT2D eigenvalue weighted by Crippen LogP contribution is 2.63. The van der Waals surface area contributed by atoms with Crippen LogP contribution in [-0.2, 0) is 9.98 Å². The lowest BCUT2D eigenvalue weighted by atomic mass is 9.86. The molecule has 168 valence electrons. The lowest BCUT2D eigenvalue weighted by Crippen LogP contribution is -2.41. The monoisotopic (exact) mass is 438 g/mol. The molecule has 2 atom stereocenters. The summed E-state index contributed by atoms with van der Waals surface area (Å²) in [7, 11) is -2.84. The Kier molecular flexibility index (Phi) is 7.06. The van der Waals surface area contributed by atoms with E-state index in [0.29, 0.717) is 0 Å². The van der Waals surface area contributed by atoms with Crippen LogP contribution in [0.2, 0.25) is 0 Å². The van der Waals surface area contributed by atoms with Crippen LogP contribution in [0.25, 0.3) is 0 Å². The Morgan fingerprint density at radius 2 is 1.29 bits per heavy atom. The molecule has 0 N–H and O–H groups in total. The quantitative estimate of drug-likeness (QED) is 0.494. The summed E-state index contributed by atoms with van der Waals surface area (Å²) in [6.45, 7) is 10.7. The summed E-state index contributed by atoms with van der Waals surface area (Å²) >= 11 is 0. The molecule has 0 radical (unpaired) electrons. The van der Waals surface area contributed by atoms with Crippen molar-refractivity contribution in [3.05, 3.63) is 65.7 Å². The molecule has 2 aliphatic rings. The van der Waals surface area contributed by atoms with Crippen LogP contribution >= 0.6 is 7.29 Å². The van der Waals surface area contributed by atoms with Gasteiger partial charge in [-0.2, -0.15) is 0 Å². The van der Waals surface area contributed by atoms with Gasteiger partial charge in [-0.05, 0) is 55.3 Å². The Labute approximate surface area is 189 Å². The Balaban J connectivity index is 1.83. The number of likely N-dealkylation sites (tertiary alicyclic amines) is 1. The normalized spacial score (nSPS) is 22.0. The minimum Gasteiger partial charge on any atom is -0.299 e. The van der Waals surface area contributed by atoms with E-state index >= 15 is 4.57 Å². The van der Waals surface area contributed by atoms with Crippen molar-refractivity contribution in [3.8, 4) is 0 Å². The first-order valence-corrected chi connectivity index (χ1v) is 13.9. The van der Waals surface area contributed by atoms with Crippen molar-refractivity contribution in [2.75, 3.05) is 26.2 Å². The second-order valence-corrected chi connectivity index (χ2v) is 13.1. The Morgan fingerprint density at radius 1 is 0.742 bits per heavy atom. The summed E-state index contributed by atoms with van der Waals surface area (Å²) in [5, 5.41) is 1.02. The molecule has 2 aromatic carbocycles. The molecular formula is C27H39N2OP. The van der Waals surface area contributed by atoms with Crippen LogP contribution in [0.5, 0.6) is 0 Å². The molecule has 0 unspecified atom stereocenters. The smallest absolute Gasteiger partial charge is 0.199 e. The van der Waals surface area contributed by atoms with E-state index in [0.717, 1.165) is 44.3 Å².